The van der Waals surface area contributed by atoms with Crippen LogP contribution in [0, 0.1) is 0 Å². The zero-order valence-electron chi connectivity index (χ0n) is 9.60. The zero-order valence-corrected chi connectivity index (χ0v) is 9.60. The Balaban J connectivity index is 2.04. The van der Waals surface area contributed by atoms with Crippen molar-refractivity contribution in [3.8, 4) is 5.75 Å². The summed E-state index contributed by atoms with van der Waals surface area (Å²) in [5.74, 6) is 1.53. The van der Waals surface area contributed by atoms with E-state index in [0.717, 1.165) is 17.3 Å². The summed E-state index contributed by atoms with van der Waals surface area (Å²) < 4.78 is 5.41. The summed E-state index contributed by atoms with van der Waals surface area (Å²) in [5.41, 5.74) is 7.34. The molecule has 2 rings (SSSR count). The summed E-state index contributed by atoms with van der Waals surface area (Å²) in [5, 5.41) is 9.74. The van der Waals surface area contributed by atoms with Gasteiger partial charge in [0.1, 0.15) is 17.9 Å². The van der Waals surface area contributed by atoms with E-state index in [1.807, 2.05) is 19.1 Å². The van der Waals surface area contributed by atoms with Gasteiger partial charge in [-0.25, -0.2) is 4.98 Å². The molecule has 6 heteroatoms. The van der Waals surface area contributed by atoms with E-state index in [0.29, 0.717) is 18.8 Å². The van der Waals surface area contributed by atoms with E-state index in [9.17, 15) is 0 Å². The summed E-state index contributed by atoms with van der Waals surface area (Å²) >= 11 is 0. The Morgan fingerprint density at radius 3 is 3.00 bits per heavy atom. The maximum absolute atomic E-state index is 5.78. The van der Waals surface area contributed by atoms with E-state index in [2.05, 4.69) is 20.5 Å². The molecule has 1 aromatic heterocycles. The maximum atomic E-state index is 5.78. The number of hydrogen-bond acceptors (Lipinski definition) is 5. The van der Waals surface area contributed by atoms with Crippen molar-refractivity contribution in [2.24, 2.45) is 0 Å². The molecular formula is C11H15N5O. The van der Waals surface area contributed by atoms with Crippen LogP contribution >= 0.6 is 0 Å². The van der Waals surface area contributed by atoms with Crippen molar-refractivity contribution >= 4 is 11.4 Å². The topological polar surface area (TPSA) is 88.8 Å². The van der Waals surface area contributed by atoms with Gasteiger partial charge in [0.2, 0.25) is 0 Å². The molecular weight excluding hydrogens is 218 g/mol. The lowest BCUT2D eigenvalue weighted by atomic mass is 10.2. The minimum absolute atomic E-state index is 0.565. The van der Waals surface area contributed by atoms with Crippen LogP contribution in [0.15, 0.2) is 24.5 Å². The van der Waals surface area contributed by atoms with Crippen molar-refractivity contribution in [3.63, 3.8) is 0 Å². The second-order valence-electron chi connectivity index (χ2n) is 3.51. The smallest absolute Gasteiger partial charge is 0.143 e. The SMILES string of the molecule is CCOc1cc(N)cc(NCc2ncn[nH]2)c1. The molecule has 90 valence electrons. The number of nitrogens with zero attached hydrogens (tertiary/aromatic N) is 2. The fourth-order valence-electron chi connectivity index (χ4n) is 1.48. The van der Waals surface area contributed by atoms with Gasteiger partial charge in [-0.2, -0.15) is 5.10 Å². The minimum atomic E-state index is 0.565. The Morgan fingerprint density at radius 2 is 2.29 bits per heavy atom. The number of nitrogens with one attached hydrogen (secondary N) is 2. The third kappa shape index (κ3) is 3.10. The molecule has 0 saturated carbocycles. The summed E-state index contributed by atoms with van der Waals surface area (Å²) in [6, 6.07) is 5.54. The molecule has 0 aliphatic carbocycles. The minimum Gasteiger partial charge on any atom is -0.494 e. The number of H-pyrrole nitrogens is 1. The van der Waals surface area contributed by atoms with Gasteiger partial charge in [0.25, 0.3) is 0 Å². The number of anilines is 2. The fourth-order valence-corrected chi connectivity index (χ4v) is 1.48. The van der Waals surface area contributed by atoms with E-state index < -0.39 is 0 Å². The molecule has 6 nitrogen and oxygen atoms in total. The average molecular weight is 233 g/mol. The molecule has 0 fully saturated rings. The quantitative estimate of drug-likeness (QED) is 0.679. The number of rotatable bonds is 5. The number of aromatic nitrogens is 3. The predicted octanol–water partition coefficient (Wildman–Crippen LogP) is 1.40. The van der Waals surface area contributed by atoms with Crippen LogP contribution < -0.4 is 15.8 Å². The third-order valence-electron chi connectivity index (χ3n) is 2.16. The number of benzene rings is 1. The van der Waals surface area contributed by atoms with Crippen LogP contribution in [0.2, 0.25) is 0 Å². The molecule has 4 N–H and O–H groups in total. The first kappa shape index (κ1) is 11.3. The highest BCUT2D eigenvalue weighted by atomic mass is 16.5. The molecule has 2 aromatic rings. The molecule has 0 unspecified atom stereocenters. The number of ether oxygens (including phenoxy) is 1. The van der Waals surface area contributed by atoms with Gasteiger partial charge < -0.3 is 15.8 Å². The summed E-state index contributed by atoms with van der Waals surface area (Å²) in [6.45, 7) is 3.12. The van der Waals surface area contributed by atoms with Crippen LogP contribution in [0.3, 0.4) is 0 Å². The molecule has 0 atom stereocenters. The monoisotopic (exact) mass is 233 g/mol. The molecule has 0 spiro atoms. The first-order chi connectivity index (χ1) is 8.28. The van der Waals surface area contributed by atoms with Crippen molar-refractivity contribution < 1.29 is 4.74 Å². The highest BCUT2D eigenvalue weighted by molar-refractivity contribution is 5.59. The number of aromatic amines is 1. The fraction of sp³-hybridized carbons (Fsp3) is 0.273. The van der Waals surface area contributed by atoms with Gasteiger partial charge in [0, 0.05) is 23.5 Å². The molecule has 0 bridgehead atoms. The highest BCUT2D eigenvalue weighted by Gasteiger charge is 2.01. The van der Waals surface area contributed by atoms with Gasteiger partial charge in [-0.1, -0.05) is 0 Å². The predicted molar refractivity (Wildman–Crippen MR) is 65.7 cm³/mol. The van der Waals surface area contributed by atoms with Crippen molar-refractivity contribution in [2.75, 3.05) is 17.7 Å². The molecule has 1 aromatic carbocycles. The van der Waals surface area contributed by atoms with Crippen molar-refractivity contribution in [2.45, 2.75) is 13.5 Å². The number of nitrogen functional groups attached to an aromatic ring is 1. The van der Waals surface area contributed by atoms with E-state index in [4.69, 9.17) is 10.5 Å². The Bertz CT molecular complexity index is 469. The number of hydrogen-bond donors (Lipinski definition) is 3. The van der Waals surface area contributed by atoms with E-state index in [-0.39, 0.29) is 0 Å². The van der Waals surface area contributed by atoms with Gasteiger partial charge in [0.05, 0.1) is 13.2 Å². The molecule has 0 radical (unpaired) electrons. The Morgan fingerprint density at radius 1 is 1.41 bits per heavy atom. The summed E-state index contributed by atoms with van der Waals surface area (Å²) in [4.78, 5) is 4.02. The van der Waals surface area contributed by atoms with Crippen LogP contribution in [0.1, 0.15) is 12.7 Å². The first-order valence-electron chi connectivity index (χ1n) is 5.39. The van der Waals surface area contributed by atoms with Gasteiger partial charge in [0.15, 0.2) is 0 Å². The highest BCUT2D eigenvalue weighted by Crippen LogP contribution is 2.22. The lowest BCUT2D eigenvalue weighted by molar-refractivity contribution is 0.340. The van der Waals surface area contributed by atoms with Crippen LogP contribution in [0.5, 0.6) is 5.75 Å². The lowest BCUT2D eigenvalue weighted by Crippen LogP contribution is -2.02. The Hall–Kier alpha value is -2.24. The van der Waals surface area contributed by atoms with Crippen molar-refractivity contribution in [1.29, 1.82) is 0 Å². The number of nitrogens with two attached hydrogens (primary N) is 1. The average Bonchev–Trinajstić information content (AvgIpc) is 2.79. The molecule has 17 heavy (non-hydrogen) atoms. The van der Waals surface area contributed by atoms with Crippen molar-refractivity contribution in [1.82, 2.24) is 15.2 Å². The molecule has 1 heterocycles. The second-order valence-corrected chi connectivity index (χ2v) is 3.51. The second kappa shape index (κ2) is 5.20. The van der Waals surface area contributed by atoms with E-state index >= 15 is 0 Å². The Kier molecular flexibility index (Phi) is 3.44. The third-order valence-corrected chi connectivity index (χ3v) is 2.16. The van der Waals surface area contributed by atoms with Gasteiger partial charge >= 0.3 is 0 Å². The van der Waals surface area contributed by atoms with E-state index in [1.165, 1.54) is 6.33 Å². The molecule has 0 aliphatic rings. The molecule has 0 amide bonds. The zero-order chi connectivity index (χ0) is 12.1. The summed E-state index contributed by atoms with van der Waals surface area (Å²) in [6.07, 6.45) is 1.47. The van der Waals surface area contributed by atoms with Gasteiger partial charge in [-0.15, -0.1) is 0 Å². The van der Waals surface area contributed by atoms with Crippen LogP contribution in [0.4, 0.5) is 11.4 Å². The van der Waals surface area contributed by atoms with Crippen molar-refractivity contribution in [3.05, 3.63) is 30.4 Å². The molecule has 0 saturated heterocycles. The van der Waals surface area contributed by atoms with Gasteiger partial charge in [-0.05, 0) is 13.0 Å². The van der Waals surface area contributed by atoms with E-state index in [1.54, 1.807) is 6.07 Å². The normalized spacial score (nSPS) is 10.2. The van der Waals surface area contributed by atoms with Crippen LogP contribution in [-0.4, -0.2) is 21.8 Å². The maximum Gasteiger partial charge on any atom is 0.143 e. The lowest BCUT2D eigenvalue weighted by Gasteiger charge is -2.09. The first-order valence-corrected chi connectivity index (χ1v) is 5.39. The largest absolute Gasteiger partial charge is 0.494 e. The van der Waals surface area contributed by atoms with Gasteiger partial charge in [-0.3, -0.25) is 5.10 Å². The molecule has 0 aliphatic heterocycles. The standard InChI is InChI=1S/C11H15N5O/c1-2-17-10-4-8(12)3-9(5-10)13-6-11-14-7-15-16-11/h3-5,7,13H,2,6,12H2,1H3,(H,14,15,16). The van der Waals surface area contributed by atoms with Crippen LogP contribution in [0.25, 0.3) is 0 Å². The summed E-state index contributed by atoms with van der Waals surface area (Å²) in [7, 11) is 0. The Labute approximate surface area is 99.2 Å². The van der Waals surface area contributed by atoms with Crippen LogP contribution in [-0.2, 0) is 6.54 Å².